The molecule has 3 rings (SSSR count). The lowest BCUT2D eigenvalue weighted by Crippen LogP contribution is -2.21. The van der Waals surface area contributed by atoms with E-state index >= 15 is 0 Å². The Morgan fingerprint density at radius 1 is 1.15 bits per heavy atom. The first-order valence-electron chi connectivity index (χ1n) is 6.61. The van der Waals surface area contributed by atoms with E-state index < -0.39 is 0 Å². The number of halogens is 1. The van der Waals surface area contributed by atoms with Crippen LogP contribution in [0.3, 0.4) is 0 Å². The number of carbonyl (C=O) groups excluding carboxylic acids is 1. The maximum atomic E-state index is 12.3. The molecule has 1 unspecified atom stereocenters. The number of hydrogen-bond donors (Lipinski definition) is 0. The van der Waals surface area contributed by atoms with Gasteiger partial charge in [0.25, 0.3) is 0 Å². The van der Waals surface area contributed by atoms with Gasteiger partial charge >= 0.3 is 0 Å². The van der Waals surface area contributed by atoms with Gasteiger partial charge in [-0.15, -0.1) is 0 Å². The lowest BCUT2D eigenvalue weighted by atomic mass is 9.93. The summed E-state index contributed by atoms with van der Waals surface area (Å²) in [6.07, 6.45) is 0.147. The molecule has 1 heterocycles. The van der Waals surface area contributed by atoms with E-state index in [1.807, 2.05) is 50.2 Å². The lowest BCUT2D eigenvalue weighted by Gasteiger charge is -2.27. The van der Waals surface area contributed by atoms with Crippen molar-refractivity contribution in [3.8, 4) is 5.75 Å². The molecule has 2 nitrogen and oxygen atoms in total. The summed E-state index contributed by atoms with van der Waals surface area (Å²) in [5.41, 5.74) is 3.83. The molecule has 0 N–H and O–H groups in total. The SMILES string of the molecule is Cc1ccc2c(c1)C(=O)CC(c1ccc(Cl)cc1C)O2. The highest BCUT2D eigenvalue weighted by Gasteiger charge is 2.28. The summed E-state index contributed by atoms with van der Waals surface area (Å²) in [6.45, 7) is 3.96. The second-order valence-electron chi connectivity index (χ2n) is 5.23. The molecule has 1 aliphatic heterocycles. The topological polar surface area (TPSA) is 26.3 Å². The first-order chi connectivity index (χ1) is 9.54. The van der Waals surface area contributed by atoms with Gasteiger partial charge in [0, 0.05) is 5.02 Å². The van der Waals surface area contributed by atoms with Crippen LogP contribution in [0.1, 0.15) is 39.6 Å². The number of rotatable bonds is 1. The van der Waals surface area contributed by atoms with Crippen molar-refractivity contribution in [2.45, 2.75) is 26.4 Å². The van der Waals surface area contributed by atoms with Gasteiger partial charge in [-0.3, -0.25) is 4.79 Å². The average molecular weight is 287 g/mol. The predicted octanol–water partition coefficient (Wildman–Crippen LogP) is 4.66. The number of ether oxygens (including phenoxy) is 1. The molecule has 2 aromatic carbocycles. The van der Waals surface area contributed by atoms with Gasteiger partial charge in [-0.25, -0.2) is 0 Å². The van der Waals surface area contributed by atoms with Gasteiger partial charge in [-0.2, -0.15) is 0 Å². The number of ketones is 1. The minimum absolute atomic E-state index is 0.134. The Balaban J connectivity index is 1.99. The molecule has 0 fully saturated rings. The Morgan fingerprint density at radius 2 is 1.95 bits per heavy atom. The molecule has 1 atom stereocenters. The summed E-state index contributed by atoms with van der Waals surface area (Å²) in [5, 5.41) is 0.699. The summed E-state index contributed by atoms with van der Waals surface area (Å²) >= 11 is 5.98. The molecular weight excluding hydrogens is 272 g/mol. The minimum atomic E-state index is -0.227. The molecule has 0 bridgehead atoms. The third kappa shape index (κ3) is 2.32. The Kier molecular flexibility index (Phi) is 3.27. The van der Waals surface area contributed by atoms with Crippen molar-refractivity contribution in [1.29, 1.82) is 0 Å². The highest BCUT2D eigenvalue weighted by Crippen LogP contribution is 2.36. The molecule has 1 aliphatic rings. The fourth-order valence-electron chi connectivity index (χ4n) is 2.61. The van der Waals surface area contributed by atoms with Gasteiger partial charge in [0.2, 0.25) is 0 Å². The number of aryl methyl sites for hydroxylation is 2. The van der Waals surface area contributed by atoms with E-state index in [9.17, 15) is 4.79 Å². The first kappa shape index (κ1) is 13.2. The average Bonchev–Trinajstić information content (AvgIpc) is 2.39. The van der Waals surface area contributed by atoms with Crippen molar-refractivity contribution in [1.82, 2.24) is 0 Å². The van der Waals surface area contributed by atoms with Gasteiger partial charge < -0.3 is 4.74 Å². The smallest absolute Gasteiger partial charge is 0.170 e. The maximum Gasteiger partial charge on any atom is 0.170 e. The third-order valence-corrected chi connectivity index (χ3v) is 3.89. The normalized spacial score (nSPS) is 17.6. The molecule has 2 aromatic rings. The summed E-state index contributed by atoms with van der Waals surface area (Å²) in [6, 6.07) is 11.4. The van der Waals surface area contributed by atoms with Gasteiger partial charge in [-0.1, -0.05) is 29.3 Å². The lowest BCUT2D eigenvalue weighted by molar-refractivity contribution is 0.0849. The van der Waals surface area contributed by atoms with Gasteiger partial charge in [0.15, 0.2) is 5.78 Å². The number of hydrogen-bond acceptors (Lipinski definition) is 2. The molecule has 102 valence electrons. The second-order valence-corrected chi connectivity index (χ2v) is 5.67. The van der Waals surface area contributed by atoms with Crippen molar-refractivity contribution in [2.75, 3.05) is 0 Å². The molecule has 0 aliphatic carbocycles. The summed E-state index contributed by atoms with van der Waals surface area (Å²) in [4.78, 5) is 12.3. The molecule has 20 heavy (non-hydrogen) atoms. The van der Waals surface area contributed by atoms with Gasteiger partial charge in [-0.05, 0) is 49.2 Å². The van der Waals surface area contributed by atoms with E-state index in [1.54, 1.807) is 0 Å². The largest absolute Gasteiger partial charge is 0.484 e. The van der Waals surface area contributed by atoms with Crippen LogP contribution in [0.5, 0.6) is 5.75 Å². The van der Waals surface area contributed by atoms with E-state index in [2.05, 4.69) is 0 Å². The van der Waals surface area contributed by atoms with Crippen LogP contribution in [0.15, 0.2) is 36.4 Å². The fraction of sp³-hybridized carbons (Fsp3) is 0.235. The molecule has 0 spiro atoms. The van der Waals surface area contributed by atoms with Crippen LogP contribution in [-0.2, 0) is 0 Å². The zero-order chi connectivity index (χ0) is 14.3. The number of carbonyl (C=O) groups is 1. The van der Waals surface area contributed by atoms with E-state index in [-0.39, 0.29) is 11.9 Å². The summed E-state index contributed by atoms with van der Waals surface area (Å²) in [7, 11) is 0. The van der Waals surface area contributed by atoms with Crippen LogP contribution < -0.4 is 4.74 Å². The van der Waals surface area contributed by atoms with Crippen molar-refractivity contribution in [3.05, 3.63) is 63.7 Å². The molecule has 0 saturated heterocycles. The van der Waals surface area contributed by atoms with Gasteiger partial charge in [0.1, 0.15) is 11.9 Å². The quantitative estimate of drug-likeness (QED) is 0.762. The maximum absolute atomic E-state index is 12.3. The van der Waals surface area contributed by atoms with Crippen LogP contribution in [0, 0.1) is 13.8 Å². The number of Topliss-reactive ketones (excluding diaryl/α,β-unsaturated/α-hetero) is 1. The van der Waals surface area contributed by atoms with Crippen molar-refractivity contribution in [2.24, 2.45) is 0 Å². The third-order valence-electron chi connectivity index (χ3n) is 3.65. The highest BCUT2D eigenvalue weighted by atomic mass is 35.5. The standard InChI is InChI=1S/C17H15ClO2/c1-10-3-6-16-14(7-10)15(19)9-17(20-16)13-5-4-12(18)8-11(13)2/h3-8,17H,9H2,1-2H3. The summed E-state index contributed by atoms with van der Waals surface area (Å²) < 4.78 is 6.00. The van der Waals surface area contributed by atoms with Crippen molar-refractivity contribution >= 4 is 17.4 Å². The number of benzene rings is 2. The van der Waals surface area contributed by atoms with Crippen LogP contribution in [0.4, 0.5) is 0 Å². The highest BCUT2D eigenvalue weighted by molar-refractivity contribution is 6.30. The van der Waals surface area contributed by atoms with E-state index in [0.717, 1.165) is 16.7 Å². The zero-order valence-corrected chi connectivity index (χ0v) is 12.2. The fourth-order valence-corrected chi connectivity index (χ4v) is 2.84. The van der Waals surface area contributed by atoms with Crippen LogP contribution in [0.25, 0.3) is 0 Å². The molecule has 0 aromatic heterocycles. The van der Waals surface area contributed by atoms with E-state index in [0.29, 0.717) is 22.8 Å². The number of fused-ring (bicyclic) bond motifs is 1. The Bertz CT molecular complexity index is 691. The summed E-state index contributed by atoms with van der Waals surface area (Å²) in [5.74, 6) is 0.806. The van der Waals surface area contributed by atoms with Crippen LogP contribution in [0.2, 0.25) is 5.02 Å². The molecule has 0 radical (unpaired) electrons. The molecule has 3 heteroatoms. The monoisotopic (exact) mass is 286 g/mol. The van der Waals surface area contributed by atoms with Crippen molar-refractivity contribution in [3.63, 3.8) is 0 Å². The Labute approximate surface area is 123 Å². The predicted molar refractivity (Wildman–Crippen MR) is 79.7 cm³/mol. The minimum Gasteiger partial charge on any atom is -0.484 e. The molecular formula is C17H15ClO2. The Hall–Kier alpha value is -1.80. The van der Waals surface area contributed by atoms with Gasteiger partial charge in [0.05, 0.1) is 12.0 Å². The first-order valence-corrected chi connectivity index (χ1v) is 6.99. The van der Waals surface area contributed by atoms with E-state index in [1.165, 1.54) is 0 Å². The van der Waals surface area contributed by atoms with Crippen molar-refractivity contribution < 1.29 is 9.53 Å². The Morgan fingerprint density at radius 3 is 2.70 bits per heavy atom. The van der Waals surface area contributed by atoms with E-state index in [4.69, 9.17) is 16.3 Å². The second kappa shape index (κ2) is 4.95. The molecule has 0 amide bonds. The van der Waals surface area contributed by atoms with Crippen LogP contribution in [-0.4, -0.2) is 5.78 Å². The van der Waals surface area contributed by atoms with Crippen LogP contribution >= 0.6 is 11.6 Å². The zero-order valence-electron chi connectivity index (χ0n) is 11.4. The molecule has 0 saturated carbocycles.